The summed E-state index contributed by atoms with van der Waals surface area (Å²) < 4.78 is 5.41. The molecule has 2 aliphatic rings. The minimum absolute atomic E-state index is 0. The number of likely N-dealkylation sites (tertiary alicyclic amines) is 1. The molecule has 0 bridgehead atoms. The zero-order valence-electron chi connectivity index (χ0n) is 16.0. The van der Waals surface area contributed by atoms with E-state index in [0.717, 1.165) is 13.1 Å². The fourth-order valence-corrected chi connectivity index (χ4v) is 3.19. The topological polar surface area (TPSA) is 74.4 Å². The van der Waals surface area contributed by atoms with Crippen molar-refractivity contribution in [2.75, 3.05) is 52.9 Å². The number of hydrogen-bond acceptors (Lipinski definition) is 4. The number of nitrogens with two attached hydrogens (primary N) is 1. The Balaban J connectivity index is 0.00000312. The van der Waals surface area contributed by atoms with E-state index < -0.39 is 5.60 Å². The van der Waals surface area contributed by atoms with Gasteiger partial charge in [0.15, 0.2) is 5.96 Å². The second-order valence-corrected chi connectivity index (χ2v) is 7.92. The smallest absolute Gasteiger partial charge is 0.410 e. The Bertz CT molecular complexity index is 458. The van der Waals surface area contributed by atoms with Crippen LogP contribution < -0.4 is 5.73 Å². The van der Waals surface area contributed by atoms with Gasteiger partial charge in [0.05, 0.1) is 0 Å². The number of carbonyl (C=O) groups excluding carboxylic acids is 1. The van der Waals surface area contributed by atoms with E-state index in [1.807, 2.05) is 20.8 Å². The Morgan fingerprint density at radius 2 is 1.76 bits per heavy atom. The minimum Gasteiger partial charge on any atom is -0.444 e. The largest absolute Gasteiger partial charge is 0.444 e. The Morgan fingerprint density at radius 3 is 2.32 bits per heavy atom. The standard InChI is InChI=1S/C17H33N5O2.HI/c1-17(2,3)24-16(23)22-10-8-21(9-11-22)15(18)19-12-14-6-5-7-20(4)13-14;/h14H,5-13H2,1-4H3,(H2,18,19);1H. The molecule has 0 aliphatic carbocycles. The molecule has 2 N–H and O–H groups in total. The molecule has 7 nitrogen and oxygen atoms in total. The fourth-order valence-electron chi connectivity index (χ4n) is 3.19. The number of halogens is 1. The first-order valence-corrected chi connectivity index (χ1v) is 8.96. The van der Waals surface area contributed by atoms with Gasteiger partial charge in [-0.15, -0.1) is 24.0 Å². The van der Waals surface area contributed by atoms with Crippen LogP contribution in [-0.4, -0.2) is 85.2 Å². The Hall–Kier alpha value is -0.770. The predicted octanol–water partition coefficient (Wildman–Crippen LogP) is 1.81. The molecule has 1 unspecified atom stereocenters. The van der Waals surface area contributed by atoms with Crippen molar-refractivity contribution in [2.24, 2.45) is 16.6 Å². The van der Waals surface area contributed by atoms with Crippen LogP contribution in [0.2, 0.25) is 0 Å². The first-order valence-electron chi connectivity index (χ1n) is 8.96. The van der Waals surface area contributed by atoms with E-state index in [4.69, 9.17) is 10.5 Å². The number of amides is 1. The molecule has 146 valence electrons. The van der Waals surface area contributed by atoms with Gasteiger partial charge in [-0.25, -0.2) is 4.79 Å². The van der Waals surface area contributed by atoms with Crippen LogP contribution in [-0.2, 0) is 4.74 Å². The van der Waals surface area contributed by atoms with Crippen LogP contribution in [0, 0.1) is 5.92 Å². The Labute approximate surface area is 169 Å². The highest BCUT2D eigenvalue weighted by Gasteiger charge is 2.26. The third-order valence-corrected chi connectivity index (χ3v) is 4.49. The highest BCUT2D eigenvalue weighted by atomic mass is 127. The number of nitrogens with zero attached hydrogens (tertiary/aromatic N) is 4. The van der Waals surface area contributed by atoms with Crippen LogP contribution in [0.15, 0.2) is 4.99 Å². The van der Waals surface area contributed by atoms with Gasteiger partial charge in [0.25, 0.3) is 0 Å². The fraction of sp³-hybridized carbons (Fsp3) is 0.882. The average molecular weight is 467 g/mol. The number of rotatable bonds is 2. The van der Waals surface area contributed by atoms with Gasteiger partial charge in [-0.3, -0.25) is 4.99 Å². The number of piperidine rings is 1. The van der Waals surface area contributed by atoms with Gasteiger partial charge >= 0.3 is 6.09 Å². The summed E-state index contributed by atoms with van der Waals surface area (Å²) in [5.41, 5.74) is 5.69. The summed E-state index contributed by atoms with van der Waals surface area (Å²) >= 11 is 0. The first kappa shape index (κ1) is 22.3. The van der Waals surface area contributed by atoms with Gasteiger partial charge in [0, 0.05) is 39.3 Å². The maximum Gasteiger partial charge on any atom is 0.410 e. The van der Waals surface area contributed by atoms with Crippen molar-refractivity contribution < 1.29 is 9.53 Å². The molecular weight excluding hydrogens is 433 g/mol. The molecule has 2 saturated heterocycles. The van der Waals surface area contributed by atoms with Crippen molar-refractivity contribution in [3.05, 3.63) is 0 Å². The minimum atomic E-state index is -0.456. The number of piperazine rings is 1. The summed E-state index contributed by atoms with van der Waals surface area (Å²) in [6.07, 6.45) is 2.22. The molecule has 0 aromatic rings. The maximum atomic E-state index is 12.1. The monoisotopic (exact) mass is 467 g/mol. The number of guanidine groups is 1. The molecule has 2 heterocycles. The van der Waals surface area contributed by atoms with E-state index in [2.05, 4.69) is 21.8 Å². The van der Waals surface area contributed by atoms with E-state index in [-0.39, 0.29) is 30.1 Å². The lowest BCUT2D eigenvalue weighted by molar-refractivity contribution is 0.0186. The highest BCUT2D eigenvalue weighted by Crippen LogP contribution is 2.15. The summed E-state index contributed by atoms with van der Waals surface area (Å²) in [5.74, 6) is 1.21. The molecule has 2 aliphatic heterocycles. The van der Waals surface area contributed by atoms with Crippen molar-refractivity contribution in [1.82, 2.24) is 14.7 Å². The van der Waals surface area contributed by atoms with Crippen LogP contribution in [0.1, 0.15) is 33.6 Å². The zero-order valence-corrected chi connectivity index (χ0v) is 18.4. The van der Waals surface area contributed by atoms with Crippen molar-refractivity contribution in [3.8, 4) is 0 Å². The van der Waals surface area contributed by atoms with Crippen molar-refractivity contribution >= 4 is 36.0 Å². The van der Waals surface area contributed by atoms with Crippen LogP contribution in [0.4, 0.5) is 4.79 Å². The molecule has 1 amide bonds. The number of hydrogen-bond donors (Lipinski definition) is 1. The van der Waals surface area contributed by atoms with Gasteiger partial charge in [-0.1, -0.05) is 0 Å². The molecule has 2 rings (SSSR count). The van der Waals surface area contributed by atoms with Gasteiger partial charge in [-0.2, -0.15) is 0 Å². The van der Waals surface area contributed by atoms with Gasteiger partial charge < -0.3 is 25.2 Å². The SMILES string of the molecule is CN1CCCC(CN=C(N)N2CCN(C(=O)OC(C)(C)C)CC2)C1.I. The van der Waals surface area contributed by atoms with Crippen molar-refractivity contribution in [1.29, 1.82) is 0 Å². The van der Waals surface area contributed by atoms with E-state index in [1.54, 1.807) is 4.90 Å². The molecular formula is C17H34IN5O2. The van der Waals surface area contributed by atoms with E-state index in [1.165, 1.54) is 19.4 Å². The molecule has 0 aromatic carbocycles. The van der Waals surface area contributed by atoms with E-state index >= 15 is 0 Å². The molecule has 0 saturated carbocycles. The lowest BCUT2D eigenvalue weighted by Crippen LogP contribution is -2.53. The molecule has 25 heavy (non-hydrogen) atoms. The van der Waals surface area contributed by atoms with Crippen LogP contribution in [0.5, 0.6) is 0 Å². The van der Waals surface area contributed by atoms with Crippen LogP contribution >= 0.6 is 24.0 Å². The number of ether oxygens (including phenoxy) is 1. The summed E-state index contributed by atoms with van der Waals surface area (Å²) in [6, 6.07) is 0. The lowest BCUT2D eigenvalue weighted by Gasteiger charge is -2.36. The predicted molar refractivity (Wildman–Crippen MR) is 112 cm³/mol. The maximum absolute atomic E-state index is 12.1. The highest BCUT2D eigenvalue weighted by molar-refractivity contribution is 14.0. The lowest BCUT2D eigenvalue weighted by atomic mass is 9.99. The molecule has 1 atom stereocenters. The Morgan fingerprint density at radius 1 is 1.16 bits per heavy atom. The van der Waals surface area contributed by atoms with Crippen LogP contribution in [0.25, 0.3) is 0 Å². The first-order chi connectivity index (χ1) is 11.2. The quantitative estimate of drug-likeness (QED) is 0.381. The molecule has 0 aromatic heterocycles. The number of carbonyl (C=O) groups is 1. The molecule has 0 radical (unpaired) electrons. The third kappa shape index (κ3) is 7.55. The van der Waals surface area contributed by atoms with Crippen molar-refractivity contribution in [3.63, 3.8) is 0 Å². The molecule has 0 spiro atoms. The average Bonchev–Trinajstić information content (AvgIpc) is 2.51. The summed E-state index contributed by atoms with van der Waals surface area (Å²) in [6.45, 7) is 11.4. The molecule has 2 fully saturated rings. The summed E-state index contributed by atoms with van der Waals surface area (Å²) in [4.78, 5) is 22.8. The zero-order chi connectivity index (χ0) is 17.7. The second-order valence-electron chi connectivity index (χ2n) is 7.92. The third-order valence-electron chi connectivity index (χ3n) is 4.49. The number of aliphatic imine (C=N–C) groups is 1. The van der Waals surface area contributed by atoms with Gasteiger partial charge in [0.1, 0.15) is 5.60 Å². The van der Waals surface area contributed by atoms with Gasteiger partial charge in [-0.05, 0) is 53.1 Å². The Kier molecular flexibility index (Phi) is 8.73. The summed E-state index contributed by atoms with van der Waals surface area (Å²) in [5, 5.41) is 0. The van der Waals surface area contributed by atoms with Crippen LogP contribution in [0.3, 0.4) is 0 Å². The van der Waals surface area contributed by atoms with Gasteiger partial charge in [0.2, 0.25) is 0 Å². The molecule has 8 heteroatoms. The van der Waals surface area contributed by atoms with E-state index in [0.29, 0.717) is 38.1 Å². The normalized spacial score (nSPS) is 23.2. The summed E-state index contributed by atoms with van der Waals surface area (Å²) in [7, 11) is 2.16. The van der Waals surface area contributed by atoms with Crippen molar-refractivity contribution in [2.45, 2.75) is 39.2 Å². The van der Waals surface area contributed by atoms with E-state index in [9.17, 15) is 4.79 Å². The second kappa shape index (κ2) is 9.80.